The van der Waals surface area contributed by atoms with Crippen molar-refractivity contribution in [2.24, 2.45) is 11.8 Å². The van der Waals surface area contributed by atoms with E-state index in [-0.39, 0.29) is 11.8 Å². The molecule has 0 radical (unpaired) electrons. The lowest BCUT2D eigenvalue weighted by atomic mass is 9.88. The van der Waals surface area contributed by atoms with Crippen LogP contribution in [0, 0.1) is 11.8 Å². The number of nitrogens with zero attached hydrogens (tertiary/aromatic N) is 1. The van der Waals surface area contributed by atoms with E-state index in [2.05, 4.69) is 0 Å². The molecule has 1 saturated heterocycles. The average molecular weight is 259 g/mol. The molecule has 2 aliphatic rings. The Hall–Kier alpha value is -1.35. The van der Waals surface area contributed by atoms with Gasteiger partial charge in [-0.15, -0.1) is 0 Å². The van der Waals surface area contributed by atoms with Crippen LogP contribution in [0.5, 0.6) is 0 Å². The summed E-state index contributed by atoms with van der Waals surface area (Å²) in [6.07, 6.45) is 6.40. The largest absolute Gasteiger partial charge is 0.272 e. The summed E-state index contributed by atoms with van der Waals surface area (Å²) in [4.78, 5) is 17.5. The van der Waals surface area contributed by atoms with Gasteiger partial charge in [0.15, 0.2) is 0 Å². The molecule has 1 aromatic rings. The van der Waals surface area contributed by atoms with Crippen LogP contribution in [-0.4, -0.2) is 17.5 Å². The molecule has 3 nitrogen and oxygen atoms in total. The molecular weight excluding hydrogens is 238 g/mol. The van der Waals surface area contributed by atoms with Gasteiger partial charge in [-0.05, 0) is 17.9 Å². The third-order valence-corrected chi connectivity index (χ3v) is 4.30. The van der Waals surface area contributed by atoms with Gasteiger partial charge < -0.3 is 0 Å². The van der Waals surface area contributed by atoms with Crippen LogP contribution >= 0.6 is 0 Å². The van der Waals surface area contributed by atoms with Crippen LogP contribution < -0.4 is 0 Å². The monoisotopic (exact) mass is 259 g/mol. The number of hydroxylamine groups is 2. The first kappa shape index (κ1) is 12.7. The number of hydrogen-bond donors (Lipinski definition) is 0. The van der Waals surface area contributed by atoms with E-state index in [9.17, 15) is 4.79 Å². The van der Waals surface area contributed by atoms with E-state index in [1.807, 2.05) is 30.3 Å². The topological polar surface area (TPSA) is 29.5 Å². The quantitative estimate of drug-likeness (QED) is 0.760. The van der Waals surface area contributed by atoms with Crippen molar-refractivity contribution >= 4 is 5.91 Å². The molecule has 0 spiro atoms. The standard InChI is InChI=1S/C16H21NO2/c18-16-15(10-13-6-4-5-7-13)11-17(16)19-12-14-8-2-1-3-9-14/h1-3,8-9,13,15H,4-7,10-12H2. The van der Waals surface area contributed by atoms with E-state index >= 15 is 0 Å². The van der Waals surface area contributed by atoms with Crippen molar-refractivity contribution in [3.63, 3.8) is 0 Å². The fraction of sp³-hybridized carbons (Fsp3) is 0.562. The molecule has 0 N–H and O–H groups in total. The summed E-state index contributed by atoms with van der Waals surface area (Å²) in [5.41, 5.74) is 1.11. The zero-order valence-corrected chi connectivity index (χ0v) is 11.3. The third-order valence-electron chi connectivity index (χ3n) is 4.30. The predicted octanol–water partition coefficient (Wildman–Crippen LogP) is 3.16. The van der Waals surface area contributed by atoms with Gasteiger partial charge in [-0.25, -0.2) is 5.06 Å². The van der Waals surface area contributed by atoms with Crippen molar-refractivity contribution in [1.82, 2.24) is 5.06 Å². The predicted molar refractivity (Wildman–Crippen MR) is 73.0 cm³/mol. The van der Waals surface area contributed by atoms with Crippen molar-refractivity contribution in [2.45, 2.75) is 38.7 Å². The Labute approximate surface area is 114 Å². The molecular formula is C16H21NO2. The molecule has 1 saturated carbocycles. The zero-order valence-electron chi connectivity index (χ0n) is 11.3. The molecule has 19 heavy (non-hydrogen) atoms. The molecule has 1 heterocycles. The van der Waals surface area contributed by atoms with Crippen LogP contribution in [0.3, 0.4) is 0 Å². The molecule has 2 fully saturated rings. The van der Waals surface area contributed by atoms with Gasteiger partial charge in [0.2, 0.25) is 0 Å². The van der Waals surface area contributed by atoms with E-state index in [0.717, 1.165) is 24.4 Å². The Kier molecular flexibility index (Phi) is 3.83. The molecule has 1 atom stereocenters. The summed E-state index contributed by atoms with van der Waals surface area (Å²) in [6, 6.07) is 9.98. The maximum absolute atomic E-state index is 12.0. The summed E-state index contributed by atoms with van der Waals surface area (Å²) in [5.74, 6) is 1.19. The maximum atomic E-state index is 12.0. The second kappa shape index (κ2) is 5.74. The van der Waals surface area contributed by atoms with Crippen LogP contribution in [0.25, 0.3) is 0 Å². The van der Waals surface area contributed by atoms with Gasteiger partial charge in [-0.2, -0.15) is 0 Å². The average Bonchev–Trinajstić information content (AvgIpc) is 2.96. The van der Waals surface area contributed by atoms with Gasteiger partial charge in [0.1, 0.15) is 6.61 Å². The van der Waals surface area contributed by atoms with Gasteiger partial charge in [-0.3, -0.25) is 9.63 Å². The summed E-state index contributed by atoms with van der Waals surface area (Å²) < 4.78 is 0. The van der Waals surface area contributed by atoms with E-state index in [0.29, 0.717) is 6.61 Å². The Morgan fingerprint density at radius 3 is 2.58 bits per heavy atom. The summed E-state index contributed by atoms with van der Waals surface area (Å²) >= 11 is 0. The maximum Gasteiger partial charge on any atom is 0.251 e. The Balaban J connectivity index is 1.41. The van der Waals surface area contributed by atoms with E-state index in [4.69, 9.17) is 4.84 Å². The number of hydrogen-bond acceptors (Lipinski definition) is 2. The first-order valence-corrected chi connectivity index (χ1v) is 7.31. The van der Waals surface area contributed by atoms with E-state index in [1.54, 1.807) is 0 Å². The SMILES string of the molecule is O=C1C(CC2CCCC2)CN1OCc1ccccc1. The molecule has 1 aliphatic heterocycles. The highest BCUT2D eigenvalue weighted by Gasteiger charge is 2.39. The lowest BCUT2D eigenvalue weighted by molar-refractivity contribution is -0.227. The number of amides is 1. The van der Waals surface area contributed by atoms with Gasteiger partial charge in [0.25, 0.3) is 5.91 Å². The lowest BCUT2D eigenvalue weighted by Crippen LogP contribution is -2.52. The normalized spacial score (nSPS) is 23.7. The number of carbonyl (C=O) groups is 1. The number of β-lactam (4-membered cyclic amide) rings is 1. The molecule has 1 aliphatic carbocycles. The van der Waals surface area contributed by atoms with Gasteiger partial charge in [0.05, 0.1) is 12.5 Å². The van der Waals surface area contributed by atoms with Crippen molar-refractivity contribution < 1.29 is 9.63 Å². The number of carbonyl (C=O) groups excluding carboxylic acids is 1. The zero-order chi connectivity index (χ0) is 13.1. The smallest absolute Gasteiger partial charge is 0.251 e. The van der Waals surface area contributed by atoms with Crippen LogP contribution in [0.2, 0.25) is 0 Å². The van der Waals surface area contributed by atoms with Gasteiger partial charge in [0, 0.05) is 0 Å². The van der Waals surface area contributed by atoms with Gasteiger partial charge >= 0.3 is 0 Å². The molecule has 0 aromatic heterocycles. The number of benzene rings is 1. The fourth-order valence-corrected chi connectivity index (χ4v) is 3.13. The van der Waals surface area contributed by atoms with Crippen LogP contribution in [0.4, 0.5) is 0 Å². The second-order valence-electron chi connectivity index (χ2n) is 5.74. The third kappa shape index (κ3) is 2.98. The highest BCUT2D eigenvalue weighted by Crippen LogP contribution is 2.34. The highest BCUT2D eigenvalue weighted by atomic mass is 16.7. The first-order valence-electron chi connectivity index (χ1n) is 7.31. The molecule has 3 rings (SSSR count). The Bertz CT molecular complexity index is 426. The van der Waals surface area contributed by atoms with Crippen LogP contribution in [0.15, 0.2) is 30.3 Å². The van der Waals surface area contributed by atoms with Crippen molar-refractivity contribution in [3.05, 3.63) is 35.9 Å². The summed E-state index contributed by atoms with van der Waals surface area (Å²) in [5, 5.41) is 1.53. The van der Waals surface area contributed by atoms with Crippen molar-refractivity contribution in [1.29, 1.82) is 0 Å². The minimum Gasteiger partial charge on any atom is -0.272 e. The minimum absolute atomic E-state index is 0.183. The highest BCUT2D eigenvalue weighted by molar-refractivity contribution is 5.83. The molecule has 1 aromatic carbocycles. The van der Waals surface area contributed by atoms with Crippen molar-refractivity contribution in [3.8, 4) is 0 Å². The second-order valence-corrected chi connectivity index (χ2v) is 5.74. The van der Waals surface area contributed by atoms with E-state index in [1.165, 1.54) is 30.7 Å². The summed E-state index contributed by atoms with van der Waals surface area (Å²) in [7, 11) is 0. The minimum atomic E-state index is 0.183. The van der Waals surface area contributed by atoms with E-state index < -0.39 is 0 Å². The molecule has 0 bridgehead atoms. The Morgan fingerprint density at radius 1 is 1.16 bits per heavy atom. The van der Waals surface area contributed by atoms with Crippen LogP contribution in [-0.2, 0) is 16.2 Å². The fourth-order valence-electron chi connectivity index (χ4n) is 3.13. The molecule has 1 amide bonds. The molecule has 102 valence electrons. The Morgan fingerprint density at radius 2 is 1.89 bits per heavy atom. The van der Waals surface area contributed by atoms with Gasteiger partial charge in [-0.1, -0.05) is 56.0 Å². The summed E-state index contributed by atoms with van der Waals surface area (Å²) in [6.45, 7) is 1.27. The van der Waals surface area contributed by atoms with Crippen LogP contribution in [0.1, 0.15) is 37.7 Å². The molecule has 1 unspecified atom stereocenters. The molecule has 3 heteroatoms. The van der Waals surface area contributed by atoms with Crippen molar-refractivity contribution in [2.75, 3.05) is 6.54 Å². The number of rotatable bonds is 5. The first-order chi connectivity index (χ1) is 9.33. The lowest BCUT2D eigenvalue weighted by Gasteiger charge is -2.38.